The summed E-state index contributed by atoms with van der Waals surface area (Å²) in [5.74, 6) is -0.851. The van der Waals surface area contributed by atoms with Crippen LogP contribution in [0.1, 0.15) is 187 Å². The number of nitrogens with zero attached hydrogens (tertiary/aromatic N) is 1. The number of rotatable bonds is 39. The Balaban J connectivity index is 4.40. The first-order valence-corrected chi connectivity index (χ1v) is 23.0. The third-order valence-electron chi connectivity index (χ3n) is 9.19. The Morgan fingerprint density at radius 1 is 0.566 bits per heavy atom. The largest absolute Gasteiger partial charge is 0.756 e. The summed E-state index contributed by atoms with van der Waals surface area (Å²) in [4.78, 5) is 37.5. The van der Waals surface area contributed by atoms with Gasteiger partial charge in [-0.05, 0) is 64.2 Å². The average molecular weight is 772 g/mol. The van der Waals surface area contributed by atoms with Crippen LogP contribution in [0.3, 0.4) is 0 Å². The lowest BCUT2D eigenvalue weighted by atomic mass is 10.1. The van der Waals surface area contributed by atoms with Crippen molar-refractivity contribution in [2.24, 2.45) is 0 Å². The van der Waals surface area contributed by atoms with Crippen molar-refractivity contribution in [3.05, 3.63) is 24.3 Å². The number of ether oxygens (including phenoxy) is 2. The van der Waals surface area contributed by atoms with Gasteiger partial charge in [-0.15, -0.1) is 0 Å². The van der Waals surface area contributed by atoms with Crippen molar-refractivity contribution >= 4 is 19.8 Å². The van der Waals surface area contributed by atoms with E-state index in [1.165, 1.54) is 83.5 Å². The monoisotopic (exact) mass is 772 g/mol. The average Bonchev–Trinajstić information content (AvgIpc) is 3.10. The Labute approximate surface area is 326 Å². The highest BCUT2D eigenvalue weighted by Gasteiger charge is 2.21. The molecule has 0 heterocycles. The number of hydrogen-bond donors (Lipinski definition) is 0. The molecule has 9 nitrogen and oxygen atoms in total. The Bertz CT molecular complexity index is 964. The van der Waals surface area contributed by atoms with Crippen LogP contribution in [0.25, 0.3) is 0 Å². The fourth-order valence-corrected chi connectivity index (χ4v) is 6.49. The number of phosphoric acid groups is 1. The topological polar surface area (TPSA) is 111 Å². The predicted molar refractivity (Wildman–Crippen MR) is 218 cm³/mol. The minimum absolute atomic E-state index is 0.0326. The van der Waals surface area contributed by atoms with Crippen LogP contribution >= 0.6 is 7.82 Å². The van der Waals surface area contributed by atoms with E-state index in [4.69, 9.17) is 18.5 Å². The van der Waals surface area contributed by atoms with Gasteiger partial charge < -0.3 is 27.9 Å². The number of phosphoric ester groups is 1. The molecule has 0 saturated heterocycles. The molecule has 53 heavy (non-hydrogen) atoms. The number of allylic oxidation sites excluding steroid dienone is 4. The van der Waals surface area contributed by atoms with Gasteiger partial charge in [0.2, 0.25) is 0 Å². The molecular formula is C43H82NO8P. The molecule has 0 N–H and O–H groups in total. The maximum Gasteiger partial charge on any atom is 0.306 e. The van der Waals surface area contributed by atoms with E-state index >= 15 is 0 Å². The highest BCUT2D eigenvalue weighted by molar-refractivity contribution is 7.45. The zero-order chi connectivity index (χ0) is 39.3. The fraction of sp³-hybridized carbons (Fsp3) is 0.860. The van der Waals surface area contributed by atoms with E-state index in [1.807, 2.05) is 21.1 Å². The van der Waals surface area contributed by atoms with Crippen molar-refractivity contribution in [1.29, 1.82) is 0 Å². The molecule has 0 aromatic rings. The van der Waals surface area contributed by atoms with Crippen molar-refractivity contribution in [3.63, 3.8) is 0 Å². The highest BCUT2D eigenvalue weighted by Crippen LogP contribution is 2.38. The molecule has 0 aliphatic rings. The molecule has 0 aliphatic carbocycles. The molecule has 0 aromatic heterocycles. The Kier molecular flexibility index (Phi) is 35.1. The summed E-state index contributed by atoms with van der Waals surface area (Å²) in [5.41, 5.74) is 0. The summed E-state index contributed by atoms with van der Waals surface area (Å²) in [6.45, 7) is 4.19. The van der Waals surface area contributed by atoms with Gasteiger partial charge >= 0.3 is 11.9 Å². The molecule has 2 unspecified atom stereocenters. The van der Waals surface area contributed by atoms with E-state index in [9.17, 15) is 19.0 Å². The summed E-state index contributed by atoms with van der Waals surface area (Å²) in [6.07, 6.45) is 37.7. The van der Waals surface area contributed by atoms with Crippen molar-refractivity contribution in [2.45, 2.75) is 193 Å². The normalized spacial score (nSPS) is 13.8. The fourth-order valence-electron chi connectivity index (χ4n) is 5.76. The molecule has 0 radical (unpaired) electrons. The number of likely N-dealkylation sites (N-methyl/N-ethyl adjacent to an activating group) is 1. The van der Waals surface area contributed by atoms with Crippen LogP contribution in [0, 0.1) is 0 Å². The Hall–Kier alpha value is -1.51. The van der Waals surface area contributed by atoms with E-state index in [2.05, 4.69) is 38.2 Å². The summed E-state index contributed by atoms with van der Waals surface area (Å²) in [5, 5.41) is 0. The van der Waals surface area contributed by atoms with E-state index in [1.54, 1.807) is 0 Å². The maximum absolute atomic E-state index is 12.6. The van der Waals surface area contributed by atoms with Gasteiger partial charge in [-0.3, -0.25) is 14.2 Å². The molecule has 2 atom stereocenters. The van der Waals surface area contributed by atoms with Crippen LogP contribution in [-0.4, -0.2) is 70.0 Å². The van der Waals surface area contributed by atoms with Gasteiger partial charge in [0.05, 0.1) is 27.7 Å². The molecular weight excluding hydrogens is 689 g/mol. The maximum atomic E-state index is 12.6. The third kappa shape index (κ3) is 40.0. The van der Waals surface area contributed by atoms with Crippen molar-refractivity contribution in [2.75, 3.05) is 47.5 Å². The first-order valence-electron chi connectivity index (χ1n) is 21.5. The number of hydrogen-bond acceptors (Lipinski definition) is 8. The SMILES string of the molecule is CCCCCCC/C=C\CCCCCCCC(=O)OCC(COP(=O)([O-])OCC[N+](C)(C)C)OC(=O)CCCCCCC/C=C\CCCCCCCC. The first-order chi connectivity index (χ1) is 25.5. The molecule has 0 spiro atoms. The van der Waals surface area contributed by atoms with Crippen LogP contribution in [0.15, 0.2) is 24.3 Å². The lowest BCUT2D eigenvalue weighted by Crippen LogP contribution is -2.37. The molecule has 10 heteroatoms. The number of esters is 2. The third-order valence-corrected chi connectivity index (χ3v) is 10.2. The second kappa shape index (κ2) is 36.1. The second-order valence-electron chi connectivity index (χ2n) is 15.7. The smallest absolute Gasteiger partial charge is 0.306 e. The van der Waals surface area contributed by atoms with E-state index < -0.39 is 32.5 Å². The van der Waals surface area contributed by atoms with Gasteiger partial charge in [-0.2, -0.15) is 0 Å². The van der Waals surface area contributed by atoms with Gasteiger partial charge in [0, 0.05) is 12.8 Å². The number of quaternary nitrogens is 1. The van der Waals surface area contributed by atoms with Crippen LogP contribution < -0.4 is 4.89 Å². The van der Waals surface area contributed by atoms with Crippen molar-refractivity contribution in [1.82, 2.24) is 0 Å². The molecule has 0 aromatic carbocycles. The van der Waals surface area contributed by atoms with Crippen LogP contribution in [0.4, 0.5) is 0 Å². The lowest BCUT2D eigenvalue weighted by Gasteiger charge is -2.28. The standard InChI is InChI=1S/C43H82NO8P/c1-6-8-10-12-14-16-18-20-22-24-26-28-30-32-34-36-43(46)52-41(40-51-53(47,48)50-38-37-44(3,4)5)39-49-42(45)35-33-31-29-27-25-23-21-19-17-15-13-11-9-7-2/h19-22,41H,6-18,23-40H2,1-5H3/b21-19-,22-20-. The van der Waals surface area contributed by atoms with Crippen molar-refractivity contribution < 1.29 is 42.1 Å². The Morgan fingerprint density at radius 2 is 0.962 bits per heavy atom. The first kappa shape index (κ1) is 51.5. The van der Waals surface area contributed by atoms with Gasteiger partial charge in [0.25, 0.3) is 7.82 Å². The van der Waals surface area contributed by atoms with Crippen LogP contribution in [-0.2, 0) is 32.7 Å². The molecule has 0 aliphatic heterocycles. The predicted octanol–water partition coefficient (Wildman–Crippen LogP) is 11.3. The van der Waals surface area contributed by atoms with Gasteiger partial charge in [0.15, 0.2) is 6.10 Å². The van der Waals surface area contributed by atoms with Crippen molar-refractivity contribution in [3.8, 4) is 0 Å². The lowest BCUT2D eigenvalue weighted by molar-refractivity contribution is -0.870. The van der Waals surface area contributed by atoms with Gasteiger partial charge in [-0.1, -0.05) is 134 Å². The highest BCUT2D eigenvalue weighted by atomic mass is 31.2. The minimum atomic E-state index is -4.62. The minimum Gasteiger partial charge on any atom is -0.756 e. The number of carbonyl (C=O) groups excluding carboxylic acids is 2. The molecule has 0 amide bonds. The van der Waals surface area contributed by atoms with Gasteiger partial charge in [-0.25, -0.2) is 0 Å². The number of carbonyl (C=O) groups is 2. The van der Waals surface area contributed by atoms with Crippen LogP contribution in [0.5, 0.6) is 0 Å². The summed E-state index contributed by atoms with van der Waals surface area (Å²) in [6, 6.07) is 0. The quantitative estimate of drug-likeness (QED) is 0.0200. The second-order valence-corrected chi connectivity index (χ2v) is 17.1. The summed E-state index contributed by atoms with van der Waals surface area (Å²) < 4.78 is 33.8. The summed E-state index contributed by atoms with van der Waals surface area (Å²) in [7, 11) is 1.16. The zero-order valence-electron chi connectivity index (χ0n) is 35.0. The van der Waals surface area contributed by atoms with E-state index in [0.717, 1.165) is 70.6 Å². The molecule has 312 valence electrons. The molecule has 0 bridgehead atoms. The van der Waals surface area contributed by atoms with E-state index in [0.29, 0.717) is 17.4 Å². The molecule has 0 fully saturated rings. The summed E-state index contributed by atoms with van der Waals surface area (Å²) >= 11 is 0. The van der Waals surface area contributed by atoms with Crippen LogP contribution in [0.2, 0.25) is 0 Å². The van der Waals surface area contributed by atoms with Gasteiger partial charge in [0.1, 0.15) is 19.8 Å². The zero-order valence-corrected chi connectivity index (χ0v) is 35.9. The molecule has 0 rings (SSSR count). The van der Waals surface area contributed by atoms with E-state index in [-0.39, 0.29) is 26.1 Å². The number of unbranched alkanes of at least 4 members (excludes halogenated alkanes) is 21. The molecule has 0 saturated carbocycles. The Morgan fingerprint density at radius 3 is 1.40 bits per heavy atom.